The Labute approximate surface area is 145 Å². The molecule has 0 aliphatic rings. The van der Waals surface area contributed by atoms with E-state index in [9.17, 15) is 4.79 Å². The fourth-order valence-corrected chi connectivity index (χ4v) is 4.26. The third-order valence-electron chi connectivity index (χ3n) is 2.72. The van der Waals surface area contributed by atoms with E-state index in [1.807, 2.05) is 24.4 Å². The smallest absolute Gasteiger partial charge is 0.232 e. The molecule has 0 atom stereocenters. The zero-order chi connectivity index (χ0) is 16.1. The first kappa shape index (κ1) is 16.0. The van der Waals surface area contributed by atoms with Crippen LogP contribution in [0.2, 0.25) is 0 Å². The minimum atomic E-state index is -0.141. The van der Waals surface area contributed by atoms with Gasteiger partial charge in [-0.05, 0) is 17.9 Å². The Bertz CT molecular complexity index is 787. The molecule has 0 unspecified atom stereocenters. The second-order valence-corrected chi connectivity index (χ2v) is 7.76. The van der Waals surface area contributed by atoms with E-state index in [1.54, 1.807) is 24.2 Å². The molecule has 118 valence electrons. The molecule has 9 heteroatoms. The Hall–Kier alpha value is -1.84. The van der Waals surface area contributed by atoms with Gasteiger partial charge in [-0.25, -0.2) is 4.98 Å². The van der Waals surface area contributed by atoms with E-state index in [-0.39, 0.29) is 12.3 Å². The first-order valence-corrected chi connectivity index (χ1v) is 9.53. The summed E-state index contributed by atoms with van der Waals surface area (Å²) in [5.74, 6) is 0.788. The summed E-state index contributed by atoms with van der Waals surface area (Å²) in [6, 6.07) is 3.81. The van der Waals surface area contributed by atoms with Crippen molar-refractivity contribution in [2.24, 2.45) is 0 Å². The van der Waals surface area contributed by atoms with Gasteiger partial charge in [0.1, 0.15) is 5.01 Å². The minimum Gasteiger partial charge on any atom is -0.300 e. The highest BCUT2D eigenvalue weighted by atomic mass is 32.2. The molecule has 0 radical (unpaired) electrons. The number of carbonyl (C=O) groups excluding carboxylic acids is 1. The van der Waals surface area contributed by atoms with Crippen LogP contribution in [0.1, 0.15) is 12.6 Å². The Morgan fingerprint density at radius 2 is 2.30 bits per heavy atom. The number of hydrogen-bond donors (Lipinski definition) is 1. The lowest BCUT2D eigenvalue weighted by Crippen LogP contribution is -2.14. The molecule has 1 N–H and O–H groups in total. The lowest BCUT2D eigenvalue weighted by Gasteiger charge is -1.98. The van der Waals surface area contributed by atoms with Crippen molar-refractivity contribution < 1.29 is 4.79 Å². The van der Waals surface area contributed by atoms with Crippen LogP contribution in [0.3, 0.4) is 0 Å². The molecule has 0 saturated heterocycles. The molecule has 0 saturated carbocycles. The first-order valence-electron chi connectivity index (χ1n) is 6.85. The molecule has 3 heterocycles. The van der Waals surface area contributed by atoms with Crippen LogP contribution in [0.4, 0.5) is 5.13 Å². The molecule has 3 rings (SSSR count). The Morgan fingerprint density at radius 3 is 3.09 bits per heavy atom. The SMILES string of the molecule is CCSc1nnc(NC(=O)Cc2csc(-c3cccnc3)n2)s1. The van der Waals surface area contributed by atoms with E-state index in [0.717, 1.165) is 26.4 Å². The molecule has 1 amide bonds. The zero-order valence-corrected chi connectivity index (χ0v) is 14.7. The van der Waals surface area contributed by atoms with Crippen molar-refractivity contribution in [3.63, 3.8) is 0 Å². The van der Waals surface area contributed by atoms with E-state index in [0.29, 0.717) is 5.13 Å². The standard InChI is InChI=1S/C14H13N5OS3/c1-2-21-14-19-18-13(23-14)17-11(20)6-10-8-22-12(16-10)9-4-3-5-15-7-9/h3-5,7-8H,2,6H2,1H3,(H,17,18,20). The second-order valence-electron chi connectivity index (χ2n) is 4.42. The maximum Gasteiger partial charge on any atom is 0.232 e. The van der Waals surface area contributed by atoms with Gasteiger partial charge in [0, 0.05) is 23.3 Å². The van der Waals surface area contributed by atoms with E-state index < -0.39 is 0 Å². The average molecular weight is 363 g/mol. The number of thiazole rings is 1. The van der Waals surface area contributed by atoms with Gasteiger partial charge in [0.05, 0.1) is 12.1 Å². The molecular formula is C14H13N5OS3. The van der Waals surface area contributed by atoms with Gasteiger partial charge in [-0.1, -0.05) is 30.0 Å². The fourth-order valence-electron chi connectivity index (χ4n) is 1.78. The Kier molecular flexibility index (Phi) is 5.31. The summed E-state index contributed by atoms with van der Waals surface area (Å²) in [6.45, 7) is 2.05. The highest BCUT2D eigenvalue weighted by molar-refractivity contribution is 8.01. The van der Waals surface area contributed by atoms with Crippen molar-refractivity contribution in [2.75, 3.05) is 11.1 Å². The summed E-state index contributed by atoms with van der Waals surface area (Å²) < 4.78 is 0.857. The monoisotopic (exact) mass is 363 g/mol. The van der Waals surface area contributed by atoms with E-state index in [2.05, 4.69) is 25.5 Å². The summed E-state index contributed by atoms with van der Waals surface area (Å²) in [5, 5.41) is 14.0. The molecule has 0 aliphatic carbocycles. The maximum atomic E-state index is 12.1. The van der Waals surface area contributed by atoms with Crippen LogP contribution in [0.15, 0.2) is 34.2 Å². The molecule has 0 fully saturated rings. The van der Waals surface area contributed by atoms with Crippen LogP contribution >= 0.6 is 34.4 Å². The Balaban J connectivity index is 1.60. The quantitative estimate of drug-likeness (QED) is 0.534. The van der Waals surface area contributed by atoms with Gasteiger partial charge in [-0.2, -0.15) is 0 Å². The molecule has 3 aromatic heterocycles. The van der Waals surface area contributed by atoms with Gasteiger partial charge in [0.15, 0.2) is 4.34 Å². The lowest BCUT2D eigenvalue weighted by atomic mass is 10.3. The van der Waals surface area contributed by atoms with Gasteiger partial charge in [0.25, 0.3) is 0 Å². The van der Waals surface area contributed by atoms with Crippen LogP contribution in [0.25, 0.3) is 10.6 Å². The average Bonchev–Trinajstić information content (AvgIpc) is 3.18. The number of nitrogens with zero attached hydrogens (tertiary/aromatic N) is 4. The van der Waals surface area contributed by atoms with Crippen LogP contribution in [-0.2, 0) is 11.2 Å². The van der Waals surface area contributed by atoms with Crippen LogP contribution in [0, 0.1) is 0 Å². The van der Waals surface area contributed by atoms with Crippen molar-refractivity contribution in [3.05, 3.63) is 35.6 Å². The summed E-state index contributed by atoms with van der Waals surface area (Å²) in [5.41, 5.74) is 1.69. The number of aromatic nitrogens is 4. The predicted molar refractivity (Wildman–Crippen MR) is 94.0 cm³/mol. The molecule has 0 aliphatic heterocycles. The number of rotatable bonds is 6. The Morgan fingerprint density at radius 1 is 1.39 bits per heavy atom. The summed E-state index contributed by atoms with van der Waals surface area (Å²) >= 11 is 4.49. The van der Waals surface area contributed by atoms with Crippen LogP contribution < -0.4 is 5.32 Å². The summed E-state index contributed by atoms with van der Waals surface area (Å²) in [7, 11) is 0. The van der Waals surface area contributed by atoms with Gasteiger partial charge >= 0.3 is 0 Å². The van der Waals surface area contributed by atoms with E-state index in [1.165, 1.54) is 22.7 Å². The first-order chi connectivity index (χ1) is 11.2. The zero-order valence-electron chi connectivity index (χ0n) is 12.2. The number of hydrogen-bond acceptors (Lipinski definition) is 8. The third kappa shape index (κ3) is 4.34. The van der Waals surface area contributed by atoms with E-state index in [4.69, 9.17) is 0 Å². The fraction of sp³-hybridized carbons (Fsp3) is 0.214. The van der Waals surface area contributed by atoms with Crippen molar-refractivity contribution in [1.29, 1.82) is 0 Å². The number of thioether (sulfide) groups is 1. The maximum absolute atomic E-state index is 12.1. The molecule has 0 spiro atoms. The van der Waals surface area contributed by atoms with Gasteiger partial charge in [0.2, 0.25) is 11.0 Å². The van der Waals surface area contributed by atoms with Gasteiger partial charge < -0.3 is 5.32 Å². The minimum absolute atomic E-state index is 0.141. The topological polar surface area (TPSA) is 80.7 Å². The second kappa shape index (κ2) is 7.62. The normalized spacial score (nSPS) is 10.7. The van der Waals surface area contributed by atoms with Crippen LogP contribution in [0.5, 0.6) is 0 Å². The highest BCUT2D eigenvalue weighted by Gasteiger charge is 2.12. The molecular weight excluding hydrogens is 350 g/mol. The third-order valence-corrected chi connectivity index (χ3v) is 5.52. The van der Waals surface area contributed by atoms with Crippen molar-refractivity contribution in [1.82, 2.24) is 20.2 Å². The number of nitrogens with one attached hydrogen (secondary N) is 1. The molecule has 23 heavy (non-hydrogen) atoms. The van der Waals surface area contributed by atoms with E-state index >= 15 is 0 Å². The lowest BCUT2D eigenvalue weighted by molar-refractivity contribution is -0.115. The largest absolute Gasteiger partial charge is 0.300 e. The van der Waals surface area contributed by atoms with Gasteiger partial charge in [-0.3, -0.25) is 9.78 Å². The van der Waals surface area contributed by atoms with Crippen molar-refractivity contribution >= 4 is 45.5 Å². The predicted octanol–water partition coefficient (Wildman–Crippen LogP) is 3.35. The number of anilines is 1. The number of amides is 1. The highest BCUT2D eigenvalue weighted by Crippen LogP contribution is 2.26. The molecule has 6 nitrogen and oxygen atoms in total. The molecule has 3 aromatic rings. The van der Waals surface area contributed by atoms with Gasteiger partial charge in [-0.15, -0.1) is 21.5 Å². The van der Waals surface area contributed by atoms with Crippen LogP contribution in [-0.4, -0.2) is 31.8 Å². The molecule has 0 bridgehead atoms. The van der Waals surface area contributed by atoms with Crippen molar-refractivity contribution in [3.8, 4) is 10.6 Å². The number of carbonyl (C=O) groups is 1. The number of pyridine rings is 1. The molecule has 0 aromatic carbocycles. The van der Waals surface area contributed by atoms with Crippen molar-refractivity contribution in [2.45, 2.75) is 17.7 Å². The summed E-state index contributed by atoms with van der Waals surface area (Å²) in [4.78, 5) is 20.6. The summed E-state index contributed by atoms with van der Waals surface area (Å²) in [6.07, 6.45) is 3.70.